The Hall–Kier alpha value is -2.33. The van der Waals surface area contributed by atoms with Gasteiger partial charge in [-0.1, -0.05) is 6.07 Å². The fourth-order valence-corrected chi connectivity index (χ4v) is 4.00. The van der Waals surface area contributed by atoms with Gasteiger partial charge in [0, 0.05) is 6.20 Å². The second-order valence-electron chi connectivity index (χ2n) is 5.31. The predicted octanol–water partition coefficient (Wildman–Crippen LogP) is -1.20. The highest BCUT2D eigenvalue weighted by Crippen LogP contribution is 2.21. The molecule has 1 atom stereocenters. The summed E-state index contributed by atoms with van der Waals surface area (Å²) in [4.78, 5) is 39.5. The molecule has 1 fully saturated rings. The Labute approximate surface area is 139 Å². The molecule has 10 heteroatoms. The van der Waals surface area contributed by atoms with Gasteiger partial charge in [0.05, 0.1) is 6.54 Å². The summed E-state index contributed by atoms with van der Waals surface area (Å²) in [6, 6.07) is 3.01. The van der Waals surface area contributed by atoms with Crippen LogP contribution in [0.2, 0.25) is 0 Å². The van der Waals surface area contributed by atoms with Crippen molar-refractivity contribution in [2.75, 3.05) is 13.1 Å². The summed E-state index contributed by atoms with van der Waals surface area (Å²) in [5.74, 6) is -2.45. The topological polar surface area (TPSA) is 140 Å². The van der Waals surface area contributed by atoms with Crippen molar-refractivity contribution in [1.82, 2.24) is 14.6 Å². The summed E-state index contributed by atoms with van der Waals surface area (Å²) in [6.45, 7) is 0.479. The minimum absolute atomic E-state index is 0.0528. The van der Waals surface area contributed by atoms with Crippen LogP contribution in [0, 0.1) is 0 Å². The molecular formula is C14H18N4O5S. The lowest BCUT2D eigenvalue weighted by Crippen LogP contribution is -2.50. The molecule has 0 unspecified atom stereocenters. The van der Waals surface area contributed by atoms with Gasteiger partial charge in [-0.25, -0.2) is 9.29 Å². The maximum atomic E-state index is 12.8. The first kappa shape index (κ1) is 18.0. The molecule has 0 bridgehead atoms. The summed E-state index contributed by atoms with van der Waals surface area (Å²) in [5, 5.41) is 2.50. The molecule has 24 heavy (non-hydrogen) atoms. The largest absolute Gasteiger partial charge is 0.369 e. The minimum Gasteiger partial charge on any atom is -0.369 e. The van der Waals surface area contributed by atoms with Gasteiger partial charge in [-0.3, -0.25) is 14.4 Å². The van der Waals surface area contributed by atoms with Crippen LogP contribution in [0.4, 0.5) is 0 Å². The molecular weight excluding hydrogens is 336 g/mol. The molecule has 1 aliphatic rings. The number of amides is 2. The van der Waals surface area contributed by atoms with Crippen LogP contribution in [-0.4, -0.2) is 54.4 Å². The molecule has 130 valence electrons. The number of ketones is 1. The Morgan fingerprint density at radius 2 is 2.12 bits per heavy atom. The van der Waals surface area contributed by atoms with E-state index in [1.54, 1.807) is 0 Å². The van der Waals surface area contributed by atoms with Gasteiger partial charge < -0.3 is 11.1 Å². The third-order valence-electron chi connectivity index (χ3n) is 3.52. The van der Waals surface area contributed by atoms with Crippen molar-refractivity contribution in [3.05, 3.63) is 24.4 Å². The summed E-state index contributed by atoms with van der Waals surface area (Å²) in [7, 11) is -4.38. The molecule has 1 aromatic heterocycles. The maximum Gasteiger partial charge on any atom is 0.284 e. The smallest absolute Gasteiger partial charge is 0.284 e. The number of rotatable bonds is 5. The van der Waals surface area contributed by atoms with E-state index in [9.17, 15) is 22.8 Å². The molecule has 0 aromatic carbocycles. The van der Waals surface area contributed by atoms with Crippen molar-refractivity contribution in [3.8, 4) is 0 Å². The SMILES string of the molecule is NC(=O)CC(=O)N([C@H]1CCCNCC1=O)S(=O)(=O)c1ccccn1. The average molecular weight is 354 g/mol. The Balaban J connectivity index is 2.48. The Morgan fingerprint density at radius 3 is 2.75 bits per heavy atom. The number of carbonyl (C=O) groups is 3. The molecule has 1 saturated heterocycles. The molecule has 3 N–H and O–H groups in total. The van der Waals surface area contributed by atoms with E-state index in [1.165, 1.54) is 24.4 Å². The number of nitrogens with one attached hydrogen (secondary N) is 1. The standard InChI is InChI=1S/C14H18N4O5S/c15-12(20)8-14(21)18(10-4-3-6-16-9-11(10)19)24(22,23)13-5-1-2-7-17-13/h1-2,5,7,10,16H,3-4,6,8-9H2,(H2,15,20)/t10-/m0/s1. The third-order valence-corrected chi connectivity index (χ3v) is 5.26. The highest BCUT2D eigenvalue weighted by atomic mass is 32.2. The van der Waals surface area contributed by atoms with Gasteiger partial charge in [-0.15, -0.1) is 0 Å². The third kappa shape index (κ3) is 3.95. The normalized spacial score (nSPS) is 18.7. The van der Waals surface area contributed by atoms with Crippen LogP contribution in [0.3, 0.4) is 0 Å². The summed E-state index contributed by atoms with van der Waals surface area (Å²) in [5.41, 5.74) is 5.01. The van der Waals surface area contributed by atoms with Gasteiger partial charge in [-0.05, 0) is 31.5 Å². The number of carbonyl (C=O) groups excluding carboxylic acids is 3. The first-order valence-electron chi connectivity index (χ1n) is 7.34. The monoisotopic (exact) mass is 354 g/mol. The molecule has 1 aromatic rings. The van der Waals surface area contributed by atoms with E-state index in [2.05, 4.69) is 10.3 Å². The first-order valence-corrected chi connectivity index (χ1v) is 8.78. The zero-order valence-corrected chi connectivity index (χ0v) is 13.7. The molecule has 2 heterocycles. The van der Waals surface area contributed by atoms with Crippen molar-refractivity contribution in [2.24, 2.45) is 5.73 Å². The first-order chi connectivity index (χ1) is 11.3. The number of pyridine rings is 1. The molecule has 1 aliphatic heterocycles. The predicted molar refractivity (Wildman–Crippen MR) is 83.0 cm³/mol. The average Bonchev–Trinajstić information content (AvgIpc) is 2.73. The minimum atomic E-state index is -4.38. The molecule has 0 radical (unpaired) electrons. The van der Waals surface area contributed by atoms with E-state index < -0.39 is 40.1 Å². The number of primary amides is 1. The van der Waals surface area contributed by atoms with Gasteiger partial charge >= 0.3 is 0 Å². The molecule has 0 aliphatic carbocycles. The lowest BCUT2D eigenvalue weighted by atomic mass is 10.1. The number of hydrogen-bond donors (Lipinski definition) is 2. The summed E-state index contributed by atoms with van der Waals surface area (Å²) in [6.07, 6.45) is 1.14. The molecule has 2 amide bonds. The van der Waals surface area contributed by atoms with Gasteiger partial charge in [0.15, 0.2) is 10.8 Å². The second-order valence-corrected chi connectivity index (χ2v) is 7.07. The Bertz CT molecular complexity index is 735. The van der Waals surface area contributed by atoms with Crippen molar-refractivity contribution >= 4 is 27.6 Å². The van der Waals surface area contributed by atoms with Gasteiger partial charge in [0.25, 0.3) is 10.0 Å². The quantitative estimate of drug-likeness (QED) is 0.633. The van der Waals surface area contributed by atoms with E-state index in [-0.39, 0.29) is 18.0 Å². The summed E-state index contributed by atoms with van der Waals surface area (Å²) < 4.78 is 26.1. The van der Waals surface area contributed by atoms with E-state index >= 15 is 0 Å². The van der Waals surface area contributed by atoms with E-state index in [4.69, 9.17) is 5.73 Å². The van der Waals surface area contributed by atoms with Crippen LogP contribution < -0.4 is 11.1 Å². The molecule has 0 spiro atoms. The Morgan fingerprint density at radius 1 is 1.38 bits per heavy atom. The van der Waals surface area contributed by atoms with Crippen LogP contribution >= 0.6 is 0 Å². The van der Waals surface area contributed by atoms with Crippen LogP contribution in [0.15, 0.2) is 29.4 Å². The zero-order valence-electron chi connectivity index (χ0n) is 12.8. The van der Waals surface area contributed by atoms with Crippen molar-refractivity contribution < 1.29 is 22.8 Å². The number of sulfonamides is 1. The van der Waals surface area contributed by atoms with Crippen LogP contribution in [-0.2, 0) is 24.4 Å². The van der Waals surface area contributed by atoms with Crippen LogP contribution in [0.25, 0.3) is 0 Å². The number of nitrogens with two attached hydrogens (primary N) is 1. The van der Waals surface area contributed by atoms with Gasteiger partial charge in [-0.2, -0.15) is 8.42 Å². The number of Topliss-reactive ketones (excluding diaryl/α,β-unsaturated/α-hetero) is 1. The van der Waals surface area contributed by atoms with Crippen LogP contribution in [0.1, 0.15) is 19.3 Å². The molecule has 9 nitrogen and oxygen atoms in total. The van der Waals surface area contributed by atoms with E-state index in [1.807, 2.05) is 0 Å². The fourth-order valence-electron chi connectivity index (χ4n) is 2.46. The van der Waals surface area contributed by atoms with Crippen molar-refractivity contribution in [3.63, 3.8) is 0 Å². The molecule has 2 rings (SSSR count). The lowest BCUT2D eigenvalue weighted by Gasteiger charge is -2.28. The highest BCUT2D eigenvalue weighted by Gasteiger charge is 2.40. The van der Waals surface area contributed by atoms with Crippen molar-refractivity contribution in [1.29, 1.82) is 0 Å². The lowest BCUT2D eigenvalue weighted by molar-refractivity contribution is -0.136. The van der Waals surface area contributed by atoms with Crippen LogP contribution in [0.5, 0.6) is 0 Å². The van der Waals surface area contributed by atoms with Gasteiger partial charge in [0.2, 0.25) is 11.8 Å². The summed E-state index contributed by atoms with van der Waals surface area (Å²) >= 11 is 0. The number of nitrogens with zero attached hydrogens (tertiary/aromatic N) is 2. The van der Waals surface area contributed by atoms with Crippen molar-refractivity contribution in [2.45, 2.75) is 30.3 Å². The zero-order chi connectivity index (χ0) is 17.7. The van der Waals surface area contributed by atoms with E-state index in [0.717, 1.165) is 0 Å². The van der Waals surface area contributed by atoms with E-state index in [0.29, 0.717) is 17.3 Å². The maximum absolute atomic E-state index is 12.8. The number of aromatic nitrogens is 1. The number of hydrogen-bond acceptors (Lipinski definition) is 7. The fraction of sp³-hybridized carbons (Fsp3) is 0.429. The second kappa shape index (κ2) is 7.49. The Kier molecular flexibility index (Phi) is 5.62. The molecule has 0 saturated carbocycles. The highest BCUT2D eigenvalue weighted by molar-refractivity contribution is 7.89. The van der Waals surface area contributed by atoms with Gasteiger partial charge in [0.1, 0.15) is 12.5 Å².